The van der Waals surface area contributed by atoms with Crippen molar-refractivity contribution in [3.8, 4) is 0 Å². The lowest BCUT2D eigenvalue weighted by Gasteiger charge is -2.14. The van der Waals surface area contributed by atoms with Gasteiger partial charge in [0.1, 0.15) is 0 Å². The van der Waals surface area contributed by atoms with E-state index in [1.165, 1.54) is 0 Å². The number of hydrogen-bond acceptors (Lipinski definition) is 3. The zero-order chi connectivity index (χ0) is 9.56. The first-order chi connectivity index (χ1) is 5.56. The normalized spacial score (nSPS) is 16.5. The monoisotopic (exact) mass is 176 g/mol. The lowest BCUT2D eigenvalue weighted by Crippen LogP contribution is -2.17. The first kappa shape index (κ1) is 11.9. The molecule has 0 fully saturated rings. The van der Waals surface area contributed by atoms with Gasteiger partial charge in [-0.2, -0.15) is 0 Å². The topological polar surface area (TPSA) is 60.7 Å². The quantitative estimate of drug-likeness (QED) is 0.553. The van der Waals surface area contributed by atoms with E-state index in [4.69, 9.17) is 10.2 Å². The van der Waals surface area contributed by atoms with Crippen molar-refractivity contribution in [2.45, 2.75) is 45.3 Å². The molecule has 0 aliphatic heterocycles. The Labute approximate surface area is 74.0 Å². The van der Waals surface area contributed by atoms with E-state index in [0.717, 1.165) is 6.42 Å². The van der Waals surface area contributed by atoms with Crippen LogP contribution in [0.25, 0.3) is 0 Å². The molecule has 3 nitrogen and oxygen atoms in total. The van der Waals surface area contributed by atoms with Gasteiger partial charge in [-0.15, -0.1) is 0 Å². The third-order valence-corrected chi connectivity index (χ3v) is 1.79. The molecule has 0 rings (SSSR count). The second kappa shape index (κ2) is 6.40. The molecular weight excluding hydrogens is 156 g/mol. The summed E-state index contributed by atoms with van der Waals surface area (Å²) in [4.78, 5) is 0. The van der Waals surface area contributed by atoms with Crippen molar-refractivity contribution < 1.29 is 15.3 Å². The first-order valence-corrected chi connectivity index (χ1v) is 4.53. The standard InChI is InChI=1S/C9H20O3/c1-7(2)5-8(11)3-4-9(12)6-10/h7-12H,3-6H2,1-2H3. The van der Waals surface area contributed by atoms with Crippen LogP contribution in [0.2, 0.25) is 0 Å². The van der Waals surface area contributed by atoms with Crippen molar-refractivity contribution in [1.29, 1.82) is 0 Å². The lowest BCUT2D eigenvalue weighted by atomic mass is 10.0. The molecule has 12 heavy (non-hydrogen) atoms. The lowest BCUT2D eigenvalue weighted by molar-refractivity contribution is 0.0636. The van der Waals surface area contributed by atoms with E-state index in [2.05, 4.69) is 0 Å². The SMILES string of the molecule is CC(C)CC(O)CCC(O)CO. The first-order valence-electron chi connectivity index (χ1n) is 4.53. The van der Waals surface area contributed by atoms with Crippen LogP contribution < -0.4 is 0 Å². The Morgan fingerprint density at radius 2 is 1.50 bits per heavy atom. The number of aliphatic hydroxyl groups is 3. The fraction of sp³-hybridized carbons (Fsp3) is 1.00. The van der Waals surface area contributed by atoms with Gasteiger partial charge in [-0.1, -0.05) is 13.8 Å². The minimum absolute atomic E-state index is 0.214. The van der Waals surface area contributed by atoms with Crippen molar-refractivity contribution in [3.63, 3.8) is 0 Å². The van der Waals surface area contributed by atoms with Crippen molar-refractivity contribution in [3.05, 3.63) is 0 Å². The van der Waals surface area contributed by atoms with Gasteiger partial charge in [-0.25, -0.2) is 0 Å². The van der Waals surface area contributed by atoms with Crippen LogP contribution in [0.15, 0.2) is 0 Å². The highest BCUT2D eigenvalue weighted by Gasteiger charge is 2.09. The number of rotatable bonds is 6. The second-order valence-electron chi connectivity index (χ2n) is 3.70. The second-order valence-corrected chi connectivity index (χ2v) is 3.70. The third-order valence-electron chi connectivity index (χ3n) is 1.79. The highest BCUT2D eigenvalue weighted by Crippen LogP contribution is 2.10. The van der Waals surface area contributed by atoms with Crippen LogP contribution in [0.4, 0.5) is 0 Å². The molecule has 3 N–H and O–H groups in total. The molecule has 2 atom stereocenters. The van der Waals surface area contributed by atoms with Gasteiger partial charge in [0.15, 0.2) is 0 Å². The largest absolute Gasteiger partial charge is 0.394 e. The Hall–Kier alpha value is -0.120. The number of aliphatic hydroxyl groups excluding tert-OH is 3. The maximum absolute atomic E-state index is 9.37. The van der Waals surface area contributed by atoms with Gasteiger partial charge in [-0.3, -0.25) is 0 Å². The Morgan fingerprint density at radius 1 is 1.00 bits per heavy atom. The maximum atomic E-state index is 9.37. The molecule has 0 aromatic heterocycles. The summed E-state index contributed by atoms with van der Waals surface area (Å²) >= 11 is 0. The van der Waals surface area contributed by atoms with Crippen LogP contribution in [-0.4, -0.2) is 34.1 Å². The van der Waals surface area contributed by atoms with E-state index in [1.54, 1.807) is 0 Å². The predicted molar refractivity (Wildman–Crippen MR) is 47.8 cm³/mol. The molecule has 0 amide bonds. The Bertz CT molecular complexity index is 104. The van der Waals surface area contributed by atoms with Crippen LogP contribution in [0.3, 0.4) is 0 Å². The van der Waals surface area contributed by atoms with E-state index in [0.29, 0.717) is 18.8 Å². The van der Waals surface area contributed by atoms with E-state index in [1.807, 2.05) is 13.8 Å². The highest BCUT2D eigenvalue weighted by atomic mass is 16.3. The fourth-order valence-electron chi connectivity index (χ4n) is 1.14. The van der Waals surface area contributed by atoms with Crippen LogP contribution in [0.1, 0.15) is 33.1 Å². The zero-order valence-corrected chi connectivity index (χ0v) is 7.90. The minimum atomic E-state index is -0.674. The highest BCUT2D eigenvalue weighted by molar-refractivity contribution is 4.62. The van der Waals surface area contributed by atoms with Crippen LogP contribution in [-0.2, 0) is 0 Å². The summed E-state index contributed by atoms with van der Waals surface area (Å²) in [7, 11) is 0. The molecule has 3 heteroatoms. The summed E-state index contributed by atoms with van der Waals surface area (Å²) in [5, 5.41) is 26.8. The van der Waals surface area contributed by atoms with Crippen LogP contribution >= 0.6 is 0 Å². The molecule has 0 aliphatic carbocycles. The molecule has 0 radical (unpaired) electrons. The van der Waals surface area contributed by atoms with Crippen molar-refractivity contribution in [2.24, 2.45) is 5.92 Å². The van der Waals surface area contributed by atoms with E-state index >= 15 is 0 Å². The molecule has 0 bridgehead atoms. The molecule has 0 saturated carbocycles. The summed E-state index contributed by atoms with van der Waals surface area (Å²) in [6.07, 6.45) is 0.792. The average Bonchev–Trinajstić information content (AvgIpc) is 1.99. The van der Waals surface area contributed by atoms with Crippen molar-refractivity contribution in [1.82, 2.24) is 0 Å². The fourth-order valence-corrected chi connectivity index (χ4v) is 1.14. The molecule has 0 spiro atoms. The van der Waals surface area contributed by atoms with E-state index in [9.17, 15) is 5.11 Å². The summed E-state index contributed by atoms with van der Waals surface area (Å²) in [6.45, 7) is 3.88. The molecule has 74 valence electrons. The molecule has 0 heterocycles. The van der Waals surface area contributed by atoms with Gasteiger partial charge in [-0.05, 0) is 25.2 Å². The van der Waals surface area contributed by atoms with Gasteiger partial charge >= 0.3 is 0 Å². The van der Waals surface area contributed by atoms with Crippen molar-refractivity contribution >= 4 is 0 Å². The average molecular weight is 176 g/mol. The summed E-state index contributed by atoms with van der Waals surface area (Å²) in [5.41, 5.74) is 0. The molecule has 0 aromatic rings. The molecule has 2 unspecified atom stereocenters. The van der Waals surface area contributed by atoms with Gasteiger partial charge < -0.3 is 15.3 Å². The summed E-state index contributed by atoms with van der Waals surface area (Å²) in [6, 6.07) is 0. The van der Waals surface area contributed by atoms with Crippen LogP contribution in [0, 0.1) is 5.92 Å². The Balaban J connectivity index is 3.36. The van der Waals surface area contributed by atoms with Gasteiger partial charge in [0.25, 0.3) is 0 Å². The molecule has 0 saturated heterocycles. The van der Waals surface area contributed by atoms with E-state index < -0.39 is 6.10 Å². The Kier molecular flexibility index (Phi) is 6.34. The van der Waals surface area contributed by atoms with Gasteiger partial charge in [0, 0.05) is 0 Å². The Morgan fingerprint density at radius 3 is 1.92 bits per heavy atom. The zero-order valence-electron chi connectivity index (χ0n) is 7.90. The predicted octanol–water partition coefficient (Wildman–Crippen LogP) is 0.527. The van der Waals surface area contributed by atoms with Gasteiger partial charge in [0.05, 0.1) is 18.8 Å². The summed E-state index contributed by atoms with van der Waals surface area (Å²) < 4.78 is 0. The maximum Gasteiger partial charge on any atom is 0.0771 e. The third kappa shape index (κ3) is 6.58. The number of hydrogen-bond donors (Lipinski definition) is 3. The van der Waals surface area contributed by atoms with Crippen molar-refractivity contribution in [2.75, 3.05) is 6.61 Å². The van der Waals surface area contributed by atoms with Gasteiger partial charge in [0.2, 0.25) is 0 Å². The molecule has 0 aromatic carbocycles. The molecule has 0 aliphatic rings. The minimum Gasteiger partial charge on any atom is -0.394 e. The van der Waals surface area contributed by atoms with E-state index in [-0.39, 0.29) is 12.7 Å². The smallest absolute Gasteiger partial charge is 0.0771 e. The molecular formula is C9H20O3. The summed E-state index contributed by atoms with van der Waals surface area (Å²) in [5.74, 6) is 0.478. The van der Waals surface area contributed by atoms with Crippen LogP contribution in [0.5, 0.6) is 0 Å².